The highest BCUT2D eigenvalue weighted by atomic mass is 35.5. The number of hydrogen-bond acceptors (Lipinski definition) is 3. The van der Waals surface area contributed by atoms with E-state index in [-0.39, 0.29) is 0 Å². The minimum Gasteiger partial charge on any atom is -0.337 e. The molecule has 0 amide bonds. The average molecular weight is 369 g/mol. The molecule has 0 aliphatic rings. The molecule has 0 atom stereocenters. The number of fused-ring (bicyclic) bond motifs is 1. The molecule has 124 valence electrons. The highest BCUT2D eigenvalue weighted by Crippen LogP contribution is 2.34. The van der Waals surface area contributed by atoms with E-state index in [0.29, 0.717) is 21.6 Å². The number of hydrogen-bond donors (Lipinski definition) is 1. The van der Waals surface area contributed by atoms with Crippen LogP contribution in [0.5, 0.6) is 0 Å². The van der Waals surface area contributed by atoms with Gasteiger partial charge in [-0.3, -0.25) is 0 Å². The van der Waals surface area contributed by atoms with Gasteiger partial charge in [0.1, 0.15) is 11.6 Å². The molecule has 25 heavy (non-hydrogen) atoms. The van der Waals surface area contributed by atoms with Crippen molar-refractivity contribution >= 4 is 45.6 Å². The molecule has 6 heteroatoms. The Bertz CT molecular complexity index is 1030. The lowest BCUT2D eigenvalue weighted by atomic mass is 10.2. The van der Waals surface area contributed by atoms with Gasteiger partial charge in [0, 0.05) is 24.0 Å². The van der Waals surface area contributed by atoms with Gasteiger partial charge in [-0.05, 0) is 42.8 Å². The van der Waals surface area contributed by atoms with Crippen LogP contribution in [-0.4, -0.2) is 14.5 Å². The second-order valence-electron chi connectivity index (χ2n) is 5.69. The van der Waals surface area contributed by atoms with Crippen LogP contribution in [0.1, 0.15) is 5.56 Å². The van der Waals surface area contributed by atoms with Crippen LogP contribution in [0.3, 0.4) is 0 Å². The molecular weight excluding hydrogens is 355 g/mol. The average Bonchev–Trinajstić information content (AvgIpc) is 3.04. The number of pyridine rings is 2. The molecule has 0 saturated heterocycles. The van der Waals surface area contributed by atoms with E-state index >= 15 is 0 Å². The molecule has 3 aromatic heterocycles. The normalized spacial score (nSPS) is 11.0. The number of para-hydroxylation sites is 1. The van der Waals surface area contributed by atoms with Gasteiger partial charge in [-0.2, -0.15) is 0 Å². The number of rotatable bonds is 3. The molecule has 1 N–H and O–H groups in total. The van der Waals surface area contributed by atoms with E-state index in [9.17, 15) is 0 Å². The summed E-state index contributed by atoms with van der Waals surface area (Å²) in [6, 6.07) is 13.4. The Hall–Kier alpha value is -2.56. The Morgan fingerprint density at radius 2 is 1.76 bits per heavy atom. The summed E-state index contributed by atoms with van der Waals surface area (Å²) in [5.74, 6) is 1.55. The van der Waals surface area contributed by atoms with E-state index in [4.69, 9.17) is 23.2 Å². The number of nitrogens with zero attached hydrogens (tertiary/aromatic N) is 3. The van der Waals surface area contributed by atoms with Gasteiger partial charge in [-0.1, -0.05) is 35.3 Å². The summed E-state index contributed by atoms with van der Waals surface area (Å²) in [5.41, 5.74) is 2.77. The lowest BCUT2D eigenvalue weighted by molar-refractivity contribution is 1.03. The molecule has 0 saturated carbocycles. The van der Waals surface area contributed by atoms with E-state index < -0.39 is 0 Å². The maximum absolute atomic E-state index is 6.26. The molecule has 0 fully saturated rings. The largest absolute Gasteiger partial charge is 0.337 e. The predicted molar refractivity (Wildman–Crippen MR) is 103 cm³/mol. The molecule has 0 aliphatic heterocycles. The summed E-state index contributed by atoms with van der Waals surface area (Å²) in [4.78, 5) is 8.94. The summed E-state index contributed by atoms with van der Waals surface area (Å²) in [6.07, 6.45) is 5.58. The SMILES string of the molecule is Cc1ccc(-n2ccc3c(Nc4c(Cl)cccc4Cl)nccc32)nc1. The first kappa shape index (κ1) is 15.9. The van der Waals surface area contributed by atoms with Crippen LogP contribution in [0.25, 0.3) is 16.7 Å². The lowest BCUT2D eigenvalue weighted by Gasteiger charge is -2.11. The second-order valence-corrected chi connectivity index (χ2v) is 6.51. The first-order valence-electron chi connectivity index (χ1n) is 7.73. The Morgan fingerprint density at radius 1 is 0.960 bits per heavy atom. The summed E-state index contributed by atoms with van der Waals surface area (Å²) in [6.45, 7) is 2.02. The number of halogens is 2. The molecule has 0 radical (unpaired) electrons. The highest BCUT2D eigenvalue weighted by molar-refractivity contribution is 6.39. The standard InChI is InChI=1S/C19H14Cl2N4/c1-12-5-6-17(23-11-12)25-10-8-13-16(25)7-9-22-19(13)24-18-14(20)3-2-4-15(18)21/h2-11H,1H3,(H,22,24). The van der Waals surface area contributed by atoms with Crippen molar-refractivity contribution in [1.29, 1.82) is 0 Å². The van der Waals surface area contributed by atoms with Crippen molar-refractivity contribution in [3.63, 3.8) is 0 Å². The van der Waals surface area contributed by atoms with Crippen LogP contribution < -0.4 is 5.32 Å². The van der Waals surface area contributed by atoms with Crippen LogP contribution in [0, 0.1) is 6.92 Å². The molecule has 3 heterocycles. The maximum atomic E-state index is 6.26. The third-order valence-electron chi connectivity index (χ3n) is 3.97. The van der Waals surface area contributed by atoms with E-state index in [1.54, 1.807) is 18.3 Å². The Balaban J connectivity index is 1.81. The smallest absolute Gasteiger partial charge is 0.139 e. The summed E-state index contributed by atoms with van der Waals surface area (Å²) < 4.78 is 2.02. The van der Waals surface area contributed by atoms with E-state index in [2.05, 4.69) is 15.3 Å². The molecule has 1 aromatic carbocycles. The summed E-state index contributed by atoms with van der Waals surface area (Å²) in [5, 5.41) is 5.30. The van der Waals surface area contributed by atoms with Crippen molar-refractivity contribution in [3.8, 4) is 5.82 Å². The molecule has 0 bridgehead atoms. The quantitative estimate of drug-likeness (QED) is 0.498. The van der Waals surface area contributed by atoms with Crippen molar-refractivity contribution in [2.75, 3.05) is 5.32 Å². The number of benzene rings is 1. The molecular formula is C19H14Cl2N4. The number of aryl methyl sites for hydroxylation is 1. The van der Waals surface area contributed by atoms with E-state index in [1.807, 2.05) is 54.2 Å². The van der Waals surface area contributed by atoms with Gasteiger partial charge in [0.05, 0.1) is 21.2 Å². The van der Waals surface area contributed by atoms with Crippen molar-refractivity contribution < 1.29 is 0 Å². The summed E-state index contributed by atoms with van der Waals surface area (Å²) >= 11 is 12.5. The third-order valence-corrected chi connectivity index (χ3v) is 4.60. The summed E-state index contributed by atoms with van der Waals surface area (Å²) in [7, 11) is 0. The van der Waals surface area contributed by atoms with E-state index in [1.165, 1.54) is 0 Å². The molecule has 0 unspecified atom stereocenters. The van der Waals surface area contributed by atoms with Gasteiger partial charge in [0.2, 0.25) is 0 Å². The first-order valence-corrected chi connectivity index (χ1v) is 8.49. The highest BCUT2D eigenvalue weighted by Gasteiger charge is 2.12. The van der Waals surface area contributed by atoms with Gasteiger partial charge in [0.25, 0.3) is 0 Å². The van der Waals surface area contributed by atoms with Crippen LogP contribution >= 0.6 is 23.2 Å². The van der Waals surface area contributed by atoms with Crippen LogP contribution in [-0.2, 0) is 0 Å². The second kappa shape index (κ2) is 6.39. The Morgan fingerprint density at radius 3 is 2.48 bits per heavy atom. The van der Waals surface area contributed by atoms with Gasteiger partial charge in [0.15, 0.2) is 0 Å². The van der Waals surface area contributed by atoms with Crippen LogP contribution in [0.2, 0.25) is 10.0 Å². The van der Waals surface area contributed by atoms with E-state index in [0.717, 1.165) is 22.3 Å². The number of aromatic nitrogens is 3. The van der Waals surface area contributed by atoms with Crippen molar-refractivity contribution in [2.24, 2.45) is 0 Å². The first-order chi connectivity index (χ1) is 12.1. The van der Waals surface area contributed by atoms with Crippen molar-refractivity contribution in [1.82, 2.24) is 14.5 Å². The predicted octanol–water partition coefficient (Wildman–Crippen LogP) is 5.78. The van der Waals surface area contributed by atoms with Gasteiger partial charge in [-0.15, -0.1) is 0 Å². The monoisotopic (exact) mass is 368 g/mol. The molecule has 4 aromatic rings. The van der Waals surface area contributed by atoms with Gasteiger partial charge >= 0.3 is 0 Å². The van der Waals surface area contributed by atoms with Crippen LogP contribution in [0.15, 0.2) is 61.1 Å². The zero-order chi connectivity index (χ0) is 17.4. The maximum Gasteiger partial charge on any atom is 0.139 e. The minimum absolute atomic E-state index is 0.547. The fourth-order valence-electron chi connectivity index (χ4n) is 2.70. The Labute approximate surface area is 155 Å². The molecule has 4 nitrogen and oxygen atoms in total. The zero-order valence-corrected chi connectivity index (χ0v) is 14.9. The van der Waals surface area contributed by atoms with Crippen molar-refractivity contribution in [3.05, 3.63) is 76.7 Å². The van der Waals surface area contributed by atoms with Crippen molar-refractivity contribution in [2.45, 2.75) is 6.92 Å². The Kier molecular flexibility index (Phi) is 4.07. The lowest BCUT2D eigenvalue weighted by Crippen LogP contribution is -1.98. The van der Waals surface area contributed by atoms with Gasteiger partial charge < -0.3 is 9.88 Å². The van der Waals surface area contributed by atoms with Crippen LogP contribution in [0.4, 0.5) is 11.5 Å². The fraction of sp³-hybridized carbons (Fsp3) is 0.0526. The topological polar surface area (TPSA) is 42.7 Å². The third kappa shape index (κ3) is 2.95. The molecule has 0 spiro atoms. The number of nitrogens with one attached hydrogen (secondary N) is 1. The number of anilines is 2. The molecule has 4 rings (SSSR count). The van der Waals surface area contributed by atoms with Gasteiger partial charge in [-0.25, -0.2) is 9.97 Å². The minimum atomic E-state index is 0.547. The fourth-order valence-corrected chi connectivity index (χ4v) is 3.20. The zero-order valence-electron chi connectivity index (χ0n) is 13.4. The molecule has 0 aliphatic carbocycles.